The average Bonchev–Trinajstić information content (AvgIpc) is 1.64. The van der Waals surface area contributed by atoms with Crippen LogP contribution in [0.2, 0.25) is 0 Å². The number of rotatable bonds is 1. The van der Waals surface area contributed by atoms with E-state index in [4.69, 9.17) is 0 Å². The Morgan fingerprint density at radius 1 is 1.44 bits per heavy atom. The molecule has 0 spiro atoms. The van der Waals surface area contributed by atoms with Gasteiger partial charge >= 0.3 is 5.92 Å². The van der Waals surface area contributed by atoms with Crippen LogP contribution in [-0.2, 0) is 4.57 Å². The lowest BCUT2D eigenvalue weighted by Gasteiger charge is -2.09. The molecule has 0 aliphatic heterocycles. The van der Waals surface area contributed by atoms with E-state index >= 15 is 0 Å². The van der Waals surface area contributed by atoms with Crippen molar-refractivity contribution in [2.24, 2.45) is 0 Å². The molecule has 1 nitrogen and oxygen atoms in total. The predicted octanol–water partition coefficient (Wildman–Crippen LogP) is 3.22. The summed E-state index contributed by atoms with van der Waals surface area (Å²) < 4.78 is 44.2. The molecule has 0 aromatic rings. The minimum Gasteiger partial charge on any atom is -0.296 e. The third-order valence-electron chi connectivity index (χ3n) is 0.532. The van der Waals surface area contributed by atoms with Gasteiger partial charge in [-0.2, -0.15) is 13.2 Å². The molecule has 0 saturated heterocycles. The second-order valence-corrected chi connectivity index (χ2v) is 5.64. The summed E-state index contributed by atoms with van der Waals surface area (Å²) in [5.41, 5.74) is -1.07. The second kappa shape index (κ2) is 2.69. The maximum atomic E-state index is 11.4. The van der Waals surface area contributed by atoms with Gasteiger partial charge in [-0.3, -0.25) is 4.57 Å². The molecular weight excluding hydrogens is 199 g/mol. The van der Waals surface area contributed by atoms with Gasteiger partial charge in [-0.05, 0) is 11.2 Å². The van der Waals surface area contributed by atoms with Gasteiger partial charge in [0.05, 0.1) is 5.62 Å². The van der Waals surface area contributed by atoms with E-state index in [-0.39, 0.29) is 0 Å². The second-order valence-electron chi connectivity index (χ2n) is 1.24. The lowest BCUT2D eigenvalue weighted by molar-refractivity contribution is -0.0437. The highest BCUT2D eigenvalue weighted by Crippen LogP contribution is 2.65. The molecule has 0 amide bonds. The minimum atomic E-state index is -4.86. The van der Waals surface area contributed by atoms with Gasteiger partial charge in [-0.1, -0.05) is 0 Å². The van der Waals surface area contributed by atoms with Crippen molar-refractivity contribution in [3.8, 4) is 0 Å². The Labute approximate surface area is 59.3 Å². The van der Waals surface area contributed by atoms with E-state index in [0.717, 1.165) is 0 Å². The molecule has 0 aliphatic carbocycles. The average molecular weight is 201 g/mol. The van der Waals surface area contributed by atoms with Gasteiger partial charge in [-0.25, -0.2) is 0 Å². The summed E-state index contributed by atoms with van der Waals surface area (Å²) in [4.78, 5) is 0. The van der Waals surface area contributed by atoms with Gasteiger partial charge in [0, 0.05) is 0 Å². The molecule has 0 aromatic heterocycles. The van der Waals surface area contributed by atoms with E-state index in [1.807, 2.05) is 0 Å². The van der Waals surface area contributed by atoms with Crippen molar-refractivity contribution in [1.29, 1.82) is 0 Å². The third kappa shape index (κ3) is 2.36. The van der Waals surface area contributed by atoms with E-state index in [9.17, 15) is 17.7 Å². The molecule has 1 unspecified atom stereocenters. The van der Waals surface area contributed by atoms with E-state index < -0.39 is 18.0 Å². The third-order valence-corrected chi connectivity index (χ3v) is 3.91. The first-order valence-corrected chi connectivity index (χ1v) is 5.06. The minimum absolute atomic E-state index is 1.07. The van der Waals surface area contributed by atoms with Gasteiger partial charge < -0.3 is 0 Å². The Balaban J connectivity index is 4.35. The van der Waals surface area contributed by atoms with Crippen LogP contribution in [0.4, 0.5) is 13.2 Å². The molecule has 0 radical (unpaired) electrons. The Hall–Kier alpha value is 0.600. The largest absolute Gasteiger partial charge is 0.455 e. The van der Waals surface area contributed by atoms with E-state index in [0.29, 0.717) is 0 Å². The summed E-state index contributed by atoms with van der Waals surface area (Å²) >= 11 is 9.16. The van der Waals surface area contributed by atoms with Gasteiger partial charge in [0.1, 0.15) is 0 Å². The molecule has 0 bridgehead atoms. The van der Waals surface area contributed by atoms with Crippen LogP contribution in [0.1, 0.15) is 0 Å². The van der Waals surface area contributed by atoms with E-state index in [1.54, 1.807) is 0 Å². The summed E-state index contributed by atoms with van der Waals surface area (Å²) in [5, 5.41) is 0. The van der Waals surface area contributed by atoms with Crippen molar-refractivity contribution in [3.05, 3.63) is 0 Å². The number of hydrogen-bond acceptors (Lipinski definition) is 1. The zero-order chi connectivity index (χ0) is 7.71. The number of halogens is 5. The normalized spacial score (nSPS) is 19.2. The maximum Gasteiger partial charge on any atom is 0.455 e. The highest BCUT2D eigenvalue weighted by molar-refractivity contribution is 7.90. The van der Waals surface area contributed by atoms with Crippen LogP contribution < -0.4 is 0 Å². The Bertz CT molecular complexity index is 143. The summed E-state index contributed by atoms with van der Waals surface area (Å²) in [6.45, 7) is -4.62. The number of hydrogen-bond donors (Lipinski definition) is 0. The summed E-state index contributed by atoms with van der Waals surface area (Å²) in [6.07, 6.45) is 0. The molecule has 0 rings (SSSR count). The molecule has 56 valence electrons. The van der Waals surface area contributed by atoms with Crippen molar-refractivity contribution in [3.63, 3.8) is 0 Å². The van der Waals surface area contributed by atoms with Crippen LogP contribution in [0.15, 0.2) is 0 Å². The van der Waals surface area contributed by atoms with E-state index in [1.165, 1.54) is 0 Å². The molecule has 0 heterocycles. The van der Waals surface area contributed by atoms with Crippen LogP contribution in [0, 0.1) is 0 Å². The fourth-order valence-electron chi connectivity index (χ4n) is 0.0678. The zero-order valence-corrected chi connectivity index (χ0v) is 6.36. The van der Waals surface area contributed by atoms with Crippen LogP contribution in [-0.4, -0.2) is 11.5 Å². The van der Waals surface area contributed by atoms with Crippen molar-refractivity contribution in [1.82, 2.24) is 0 Å². The smallest absolute Gasteiger partial charge is 0.296 e. The van der Waals surface area contributed by atoms with Gasteiger partial charge in [0.2, 0.25) is 0 Å². The number of alkyl halides is 4. The van der Waals surface area contributed by atoms with Gasteiger partial charge in [0.25, 0.3) is 6.49 Å². The SMILES string of the molecule is O=P(Cl)(CCl)C(F)(F)F. The summed E-state index contributed by atoms with van der Waals surface area (Å²) in [7, 11) is 0. The van der Waals surface area contributed by atoms with E-state index in [2.05, 4.69) is 22.8 Å². The molecule has 0 N–H and O–H groups in total. The Morgan fingerprint density at radius 2 is 1.78 bits per heavy atom. The molecule has 1 atom stereocenters. The quantitative estimate of drug-likeness (QED) is 0.470. The summed E-state index contributed by atoms with van der Waals surface area (Å²) in [6, 6.07) is 0. The fourth-order valence-corrected chi connectivity index (χ4v) is 0.610. The molecule has 0 aliphatic rings. The van der Waals surface area contributed by atoms with Crippen molar-refractivity contribution in [2.45, 2.75) is 5.92 Å². The lowest BCUT2D eigenvalue weighted by Crippen LogP contribution is -2.04. The van der Waals surface area contributed by atoms with Gasteiger partial charge in [-0.15, -0.1) is 11.6 Å². The fraction of sp³-hybridized carbons (Fsp3) is 1.00. The molecule has 0 saturated carbocycles. The highest BCUT2D eigenvalue weighted by Gasteiger charge is 2.49. The lowest BCUT2D eigenvalue weighted by atomic mass is 11.5. The highest BCUT2D eigenvalue weighted by atomic mass is 35.7. The molecule has 7 heteroatoms. The summed E-state index contributed by atoms with van der Waals surface area (Å²) in [5.74, 6) is -4.86. The maximum absolute atomic E-state index is 11.4. The monoisotopic (exact) mass is 200 g/mol. The van der Waals surface area contributed by atoms with Crippen molar-refractivity contribution >= 4 is 29.3 Å². The Morgan fingerprint density at radius 3 is 1.78 bits per heavy atom. The van der Waals surface area contributed by atoms with Crippen molar-refractivity contribution in [2.75, 3.05) is 5.62 Å². The predicted molar refractivity (Wildman–Crippen MR) is 30.2 cm³/mol. The first-order chi connectivity index (χ1) is 3.81. The molecule has 0 fully saturated rings. The zero-order valence-electron chi connectivity index (χ0n) is 3.95. The van der Waals surface area contributed by atoms with Crippen LogP contribution in [0.5, 0.6) is 0 Å². The van der Waals surface area contributed by atoms with Crippen LogP contribution >= 0.6 is 29.3 Å². The van der Waals surface area contributed by atoms with Crippen LogP contribution in [0.25, 0.3) is 0 Å². The first-order valence-electron chi connectivity index (χ1n) is 1.73. The van der Waals surface area contributed by atoms with Gasteiger partial charge in [0.15, 0.2) is 0 Å². The Kier molecular flexibility index (Phi) is 2.86. The first kappa shape index (κ1) is 9.60. The van der Waals surface area contributed by atoms with Crippen molar-refractivity contribution < 1.29 is 17.7 Å². The molecule has 0 aromatic carbocycles. The van der Waals surface area contributed by atoms with Crippen LogP contribution in [0.3, 0.4) is 0 Å². The standard InChI is InChI=1S/C2H2Cl2F3OP/c3-1-9(4,8)2(5,6)7/h1H2. The molecule has 9 heavy (non-hydrogen) atoms. The topological polar surface area (TPSA) is 17.1 Å². The molecular formula is C2H2Cl2F3OP.